The van der Waals surface area contributed by atoms with Crippen molar-refractivity contribution in [2.24, 2.45) is 0 Å². The number of anilines is 1. The molecule has 10 heteroatoms. The number of rotatable bonds is 12. The average molecular weight is 533 g/mol. The van der Waals surface area contributed by atoms with E-state index in [9.17, 15) is 9.59 Å². The first-order valence-electron chi connectivity index (χ1n) is 11.9. The van der Waals surface area contributed by atoms with Gasteiger partial charge in [-0.1, -0.05) is 72.4 Å². The first-order valence-corrected chi connectivity index (χ1v) is 12.9. The number of esters is 1. The average Bonchev–Trinajstić information content (AvgIpc) is 3.35. The number of hydrogen-bond donors (Lipinski definition) is 1. The quantitative estimate of drug-likeness (QED) is 0.207. The van der Waals surface area contributed by atoms with Gasteiger partial charge in [0.1, 0.15) is 12.4 Å². The molecule has 1 heterocycles. The molecule has 1 aromatic heterocycles. The minimum absolute atomic E-state index is 0.0678. The van der Waals surface area contributed by atoms with Crippen LogP contribution in [0.25, 0.3) is 11.1 Å². The smallest absolute Gasteiger partial charge is 0.339 e. The van der Waals surface area contributed by atoms with Crippen LogP contribution in [0.3, 0.4) is 0 Å². The van der Waals surface area contributed by atoms with Crippen LogP contribution in [0.2, 0.25) is 0 Å². The van der Waals surface area contributed by atoms with E-state index in [1.165, 1.54) is 18.9 Å². The Bertz CT molecular complexity index is 1380. The second kappa shape index (κ2) is 13.4. The first-order chi connectivity index (χ1) is 18.6. The molecule has 0 atom stereocenters. The summed E-state index contributed by atoms with van der Waals surface area (Å²) < 4.78 is 18.1. The van der Waals surface area contributed by atoms with Crippen LogP contribution in [0, 0.1) is 0 Å². The molecular weight excluding hydrogens is 504 g/mol. The van der Waals surface area contributed by atoms with Gasteiger partial charge in [0.05, 0.1) is 30.7 Å². The van der Waals surface area contributed by atoms with E-state index in [4.69, 9.17) is 14.2 Å². The Kier molecular flexibility index (Phi) is 9.49. The van der Waals surface area contributed by atoms with Gasteiger partial charge in [0.25, 0.3) is 0 Å². The van der Waals surface area contributed by atoms with Crippen LogP contribution in [0.1, 0.15) is 16.2 Å². The highest BCUT2D eigenvalue weighted by atomic mass is 32.2. The lowest BCUT2D eigenvalue weighted by molar-refractivity contribution is -0.113. The van der Waals surface area contributed by atoms with Crippen LogP contribution < -0.4 is 10.1 Å². The van der Waals surface area contributed by atoms with Crippen LogP contribution >= 0.6 is 11.8 Å². The Hall–Kier alpha value is -4.15. The van der Waals surface area contributed by atoms with Gasteiger partial charge < -0.3 is 24.1 Å². The largest absolute Gasteiger partial charge is 0.485 e. The third-order valence-electron chi connectivity index (χ3n) is 5.58. The molecule has 0 saturated heterocycles. The molecule has 0 bridgehead atoms. The van der Waals surface area contributed by atoms with Crippen LogP contribution in [0.5, 0.6) is 5.75 Å². The van der Waals surface area contributed by atoms with Crippen molar-refractivity contribution in [1.82, 2.24) is 14.8 Å². The molecule has 0 aliphatic rings. The number of benzene rings is 3. The van der Waals surface area contributed by atoms with E-state index in [-0.39, 0.29) is 23.8 Å². The predicted octanol–water partition coefficient (Wildman–Crippen LogP) is 4.69. The van der Waals surface area contributed by atoms with E-state index in [0.717, 1.165) is 16.9 Å². The van der Waals surface area contributed by atoms with Crippen molar-refractivity contribution in [2.75, 3.05) is 31.9 Å². The summed E-state index contributed by atoms with van der Waals surface area (Å²) in [5, 5.41) is 11.9. The fourth-order valence-electron chi connectivity index (χ4n) is 3.73. The fraction of sp³-hybridized carbons (Fsp3) is 0.214. The Balaban J connectivity index is 1.44. The molecule has 0 spiro atoms. The third-order valence-corrected chi connectivity index (χ3v) is 6.55. The summed E-state index contributed by atoms with van der Waals surface area (Å²) in [4.78, 5) is 24.7. The Morgan fingerprint density at radius 3 is 2.45 bits per heavy atom. The van der Waals surface area contributed by atoms with Crippen LogP contribution in [-0.4, -0.2) is 53.2 Å². The maximum Gasteiger partial charge on any atom is 0.339 e. The van der Waals surface area contributed by atoms with Gasteiger partial charge in [-0.15, -0.1) is 10.2 Å². The standard InChI is InChI=1S/C28H28N4O5S/c1-35-17-16-32-25(18-37-24-15-9-7-12-21(24)20-10-4-3-5-11-20)30-31-28(32)38-19-26(33)29-23-14-8-6-13-22(23)27(34)36-2/h3-15H,16-19H2,1-2H3,(H,29,33). The number of nitrogens with zero attached hydrogens (tertiary/aromatic N) is 3. The molecule has 0 fully saturated rings. The minimum Gasteiger partial charge on any atom is -0.485 e. The third kappa shape index (κ3) is 6.78. The van der Waals surface area contributed by atoms with E-state index in [2.05, 4.69) is 15.5 Å². The maximum atomic E-state index is 12.7. The zero-order chi connectivity index (χ0) is 26.7. The van der Waals surface area contributed by atoms with Crippen LogP contribution in [0.4, 0.5) is 5.69 Å². The van der Waals surface area contributed by atoms with Crippen molar-refractivity contribution in [3.63, 3.8) is 0 Å². The number of amides is 1. The van der Waals surface area contributed by atoms with Crippen LogP contribution in [-0.2, 0) is 27.4 Å². The summed E-state index contributed by atoms with van der Waals surface area (Å²) in [5.41, 5.74) is 2.71. The number of carbonyl (C=O) groups excluding carboxylic acids is 2. The van der Waals surface area contributed by atoms with Gasteiger partial charge in [-0.25, -0.2) is 4.79 Å². The Morgan fingerprint density at radius 1 is 0.921 bits per heavy atom. The summed E-state index contributed by atoms with van der Waals surface area (Å²) in [6.07, 6.45) is 0. The SMILES string of the molecule is COCCn1c(COc2ccccc2-c2ccccc2)nnc1SCC(=O)Nc1ccccc1C(=O)OC. The first kappa shape index (κ1) is 26.9. The highest BCUT2D eigenvalue weighted by molar-refractivity contribution is 7.99. The normalized spacial score (nSPS) is 10.7. The molecule has 9 nitrogen and oxygen atoms in total. The second-order valence-electron chi connectivity index (χ2n) is 8.07. The van der Waals surface area contributed by atoms with Crippen molar-refractivity contribution in [1.29, 1.82) is 0 Å². The summed E-state index contributed by atoms with van der Waals surface area (Å²) in [6.45, 7) is 1.13. The lowest BCUT2D eigenvalue weighted by Crippen LogP contribution is -2.18. The predicted molar refractivity (Wildman–Crippen MR) is 145 cm³/mol. The molecule has 0 unspecified atom stereocenters. The molecule has 3 aromatic carbocycles. The molecule has 1 amide bonds. The highest BCUT2D eigenvalue weighted by Gasteiger charge is 2.17. The molecule has 1 N–H and O–H groups in total. The van der Waals surface area contributed by atoms with Gasteiger partial charge >= 0.3 is 5.97 Å². The topological polar surface area (TPSA) is 105 Å². The van der Waals surface area contributed by atoms with E-state index >= 15 is 0 Å². The number of thioether (sulfide) groups is 1. The molecule has 0 radical (unpaired) electrons. The summed E-state index contributed by atoms with van der Waals surface area (Å²) in [6, 6.07) is 24.5. The molecule has 0 aliphatic carbocycles. The van der Waals surface area contributed by atoms with E-state index in [0.29, 0.717) is 29.8 Å². The lowest BCUT2D eigenvalue weighted by atomic mass is 10.1. The van der Waals surface area contributed by atoms with Gasteiger partial charge in [0.2, 0.25) is 5.91 Å². The van der Waals surface area contributed by atoms with Gasteiger partial charge in [0.15, 0.2) is 11.0 Å². The zero-order valence-electron chi connectivity index (χ0n) is 21.1. The zero-order valence-corrected chi connectivity index (χ0v) is 21.9. The molecule has 196 valence electrons. The van der Waals surface area contributed by atoms with Gasteiger partial charge in [-0.3, -0.25) is 4.79 Å². The second-order valence-corrected chi connectivity index (χ2v) is 9.01. The summed E-state index contributed by atoms with van der Waals surface area (Å²) in [7, 11) is 2.92. The minimum atomic E-state index is -0.522. The van der Waals surface area contributed by atoms with Gasteiger partial charge in [-0.2, -0.15) is 0 Å². The fourth-order valence-corrected chi connectivity index (χ4v) is 4.51. The number of nitrogens with one attached hydrogen (secondary N) is 1. The number of carbonyl (C=O) groups is 2. The number of hydrogen-bond acceptors (Lipinski definition) is 8. The molecule has 4 rings (SSSR count). The monoisotopic (exact) mass is 532 g/mol. The van der Waals surface area contributed by atoms with Crippen molar-refractivity contribution in [3.8, 4) is 16.9 Å². The van der Waals surface area contributed by atoms with Gasteiger partial charge in [0, 0.05) is 19.2 Å². The van der Waals surface area contributed by atoms with Crippen LogP contribution in [0.15, 0.2) is 84.0 Å². The Labute approximate surface area is 225 Å². The van der Waals surface area contributed by atoms with Gasteiger partial charge in [-0.05, 0) is 23.8 Å². The van der Waals surface area contributed by atoms with E-state index in [1.807, 2.05) is 59.2 Å². The molecular formula is C28H28N4O5S. The molecule has 38 heavy (non-hydrogen) atoms. The Morgan fingerprint density at radius 2 is 1.66 bits per heavy atom. The summed E-state index contributed by atoms with van der Waals surface area (Å²) in [5.74, 6) is 0.605. The van der Waals surface area contributed by atoms with Crippen molar-refractivity contribution >= 4 is 29.3 Å². The van der Waals surface area contributed by atoms with E-state index in [1.54, 1.807) is 31.4 Å². The molecule has 4 aromatic rings. The lowest BCUT2D eigenvalue weighted by Gasteiger charge is -2.13. The summed E-state index contributed by atoms with van der Waals surface area (Å²) >= 11 is 1.24. The van der Waals surface area contributed by atoms with Crippen molar-refractivity contribution in [2.45, 2.75) is 18.3 Å². The van der Waals surface area contributed by atoms with Crippen molar-refractivity contribution in [3.05, 3.63) is 90.3 Å². The van der Waals surface area contributed by atoms with E-state index < -0.39 is 5.97 Å². The highest BCUT2D eigenvalue weighted by Crippen LogP contribution is 2.30. The van der Waals surface area contributed by atoms with Crippen molar-refractivity contribution < 1.29 is 23.8 Å². The number of methoxy groups -OCH3 is 2. The molecule has 0 aliphatic heterocycles. The number of para-hydroxylation sites is 2. The molecule has 0 saturated carbocycles. The number of ether oxygens (including phenoxy) is 3. The number of aromatic nitrogens is 3. The maximum absolute atomic E-state index is 12.7.